The molecular weight excluding hydrogens is 255 g/mol. The lowest BCUT2D eigenvalue weighted by Crippen LogP contribution is -2.34. The van der Waals surface area contributed by atoms with Gasteiger partial charge in [-0.15, -0.1) is 0 Å². The van der Waals surface area contributed by atoms with E-state index in [-0.39, 0.29) is 11.6 Å². The Labute approximate surface area is 117 Å². The fourth-order valence-electron chi connectivity index (χ4n) is 1.90. The van der Waals surface area contributed by atoms with Crippen LogP contribution in [0.25, 0.3) is 0 Å². The van der Waals surface area contributed by atoms with Gasteiger partial charge >= 0.3 is 0 Å². The number of carbonyl (C=O) groups excluding carboxylic acids is 1. The van der Waals surface area contributed by atoms with E-state index in [0.717, 1.165) is 5.56 Å². The van der Waals surface area contributed by atoms with Gasteiger partial charge in [0.1, 0.15) is 5.82 Å². The van der Waals surface area contributed by atoms with Gasteiger partial charge in [-0.2, -0.15) is 0 Å². The molecule has 0 atom stereocenters. The molecule has 2 rings (SSSR count). The summed E-state index contributed by atoms with van der Waals surface area (Å²) in [5.41, 5.74) is 6.05. The predicted octanol–water partition coefficient (Wildman–Crippen LogP) is 3.32. The fourth-order valence-corrected chi connectivity index (χ4v) is 1.90. The van der Waals surface area contributed by atoms with Crippen molar-refractivity contribution >= 4 is 17.3 Å². The molecule has 3 N–H and O–H groups in total. The molecule has 0 saturated carbocycles. The molecule has 0 heterocycles. The molecule has 0 radical (unpaired) electrons. The second kappa shape index (κ2) is 5.33. The number of rotatable bonds is 3. The summed E-state index contributed by atoms with van der Waals surface area (Å²) in [5.74, 6) is -0.811. The summed E-state index contributed by atoms with van der Waals surface area (Å²) < 4.78 is 13.7. The molecule has 20 heavy (non-hydrogen) atoms. The van der Waals surface area contributed by atoms with E-state index in [2.05, 4.69) is 5.32 Å². The summed E-state index contributed by atoms with van der Waals surface area (Å²) in [6.07, 6.45) is 0. The van der Waals surface area contributed by atoms with Crippen LogP contribution < -0.4 is 11.1 Å². The number of nitrogens with two attached hydrogens (primary N) is 1. The molecule has 0 aromatic heterocycles. The third kappa shape index (κ3) is 2.79. The van der Waals surface area contributed by atoms with Gasteiger partial charge < -0.3 is 11.1 Å². The number of nitrogens with one attached hydrogen (secondary N) is 1. The Morgan fingerprint density at radius 3 is 2.40 bits per heavy atom. The van der Waals surface area contributed by atoms with Gasteiger partial charge in [-0.3, -0.25) is 4.79 Å². The number of halogens is 1. The minimum Gasteiger partial charge on any atom is -0.399 e. The van der Waals surface area contributed by atoms with E-state index in [1.54, 1.807) is 19.9 Å². The zero-order chi connectivity index (χ0) is 14.8. The Hall–Kier alpha value is -2.36. The summed E-state index contributed by atoms with van der Waals surface area (Å²) in [7, 11) is 0. The maximum atomic E-state index is 13.7. The Bertz CT molecular complexity index is 624. The van der Waals surface area contributed by atoms with E-state index in [0.29, 0.717) is 5.69 Å². The second-order valence-corrected chi connectivity index (χ2v) is 5.18. The van der Waals surface area contributed by atoms with Gasteiger partial charge in [0.05, 0.1) is 11.1 Å². The Morgan fingerprint density at radius 1 is 1.15 bits per heavy atom. The summed E-state index contributed by atoms with van der Waals surface area (Å²) in [5, 5.41) is 2.61. The minimum atomic E-state index is -0.755. The number of amides is 1. The average Bonchev–Trinajstić information content (AvgIpc) is 2.42. The summed E-state index contributed by atoms with van der Waals surface area (Å²) in [6.45, 7) is 3.60. The molecule has 0 aliphatic rings. The van der Waals surface area contributed by atoms with Crippen LogP contribution in [0.3, 0.4) is 0 Å². The molecular formula is C16H17FN2O. The minimum absolute atomic E-state index is 0.133. The largest absolute Gasteiger partial charge is 0.399 e. The lowest BCUT2D eigenvalue weighted by atomic mass is 9.83. The molecule has 104 valence electrons. The molecule has 0 fully saturated rings. The highest BCUT2D eigenvalue weighted by Gasteiger charge is 2.30. The van der Waals surface area contributed by atoms with E-state index in [1.165, 1.54) is 12.1 Å². The molecule has 4 heteroatoms. The van der Waals surface area contributed by atoms with Crippen molar-refractivity contribution in [1.29, 1.82) is 0 Å². The van der Waals surface area contributed by atoms with E-state index in [1.807, 2.05) is 30.3 Å². The molecule has 2 aromatic rings. The van der Waals surface area contributed by atoms with Crippen LogP contribution in [-0.2, 0) is 10.2 Å². The van der Waals surface area contributed by atoms with Crippen molar-refractivity contribution in [2.75, 3.05) is 11.1 Å². The van der Waals surface area contributed by atoms with Crippen LogP contribution in [0.1, 0.15) is 19.4 Å². The molecule has 3 nitrogen and oxygen atoms in total. The zero-order valence-corrected chi connectivity index (χ0v) is 11.5. The number of hydrogen-bond acceptors (Lipinski definition) is 2. The van der Waals surface area contributed by atoms with Gasteiger partial charge in [0.25, 0.3) is 0 Å². The third-order valence-corrected chi connectivity index (χ3v) is 3.30. The monoisotopic (exact) mass is 272 g/mol. The van der Waals surface area contributed by atoms with Crippen molar-refractivity contribution in [2.45, 2.75) is 19.3 Å². The Kier molecular flexibility index (Phi) is 3.74. The van der Waals surface area contributed by atoms with Crippen molar-refractivity contribution in [2.24, 2.45) is 0 Å². The molecule has 0 saturated heterocycles. The van der Waals surface area contributed by atoms with Crippen molar-refractivity contribution in [3.63, 3.8) is 0 Å². The van der Waals surface area contributed by atoms with Gasteiger partial charge in [0.15, 0.2) is 0 Å². The molecule has 2 aromatic carbocycles. The van der Waals surface area contributed by atoms with Crippen LogP contribution in [0.2, 0.25) is 0 Å². The lowest BCUT2D eigenvalue weighted by molar-refractivity contribution is -0.120. The highest BCUT2D eigenvalue weighted by Crippen LogP contribution is 2.26. The molecule has 0 aliphatic carbocycles. The van der Waals surface area contributed by atoms with Gasteiger partial charge in [-0.25, -0.2) is 4.39 Å². The SMILES string of the molecule is CC(C)(C(=O)Nc1ccc(N)cc1F)c1ccccc1. The predicted molar refractivity (Wildman–Crippen MR) is 78.9 cm³/mol. The molecule has 0 bridgehead atoms. The number of hydrogen-bond donors (Lipinski definition) is 2. The number of benzene rings is 2. The van der Waals surface area contributed by atoms with Crippen LogP contribution in [-0.4, -0.2) is 5.91 Å². The first-order valence-electron chi connectivity index (χ1n) is 6.33. The van der Waals surface area contributed by atoms with Crippen LogP contribution in [0.4, 0.5) is 15.8 Å². The van der Waals surface area contributed by atoms with E-state index < -0.39 is 11.2 Å². The van der Waals surface area contributed by atoms with Crippen LogP contribution in [0.15, 0.2) is 48.5 Å². The smallest absolute Gasteiger partial charge is 0.234 e. The average molecular weight is 272 g/mol. The van der Waals surface area contributed by atoms with Crippen molar-refractivity contribution in [3.8, 4) is 0 Å². The first kappa shape index (κ1) is 14.1. The summed E-state index contributed by atoms with van der Waals surface area (Å²) >= 11 is 0. The van der Waals surface area contributed by atoms with Gasteiger partial charge in [-0.1, -0.05) is 30.3 Å². The van der Waals surface area contributed by atoms with E-state index in [9.17, 15) is 9.18 Å². The van der Waals surface area contributed by atoms with Gasteiger partial charge in [0, 0.05) is 5.69 Å². The summed E-state index contributed by atoms with van der Waals surface area (Å²) in [6, 6.07) is 13.6. The van der Waals surface area contributed by atoms with Crippen LogP contribution in [0, 0.1) is 5.82 Å². The van der Waals surface area contributed by atoms with E-state index in [4.69, 9.17) is 5.73 Å². The Balaban J connectivity index is 2.23. The molecule has 1 amide bonds. The van der Waals surface area contributed by atoms with Crippen LogP contribution >= 0.6 is 0 Å². The maximum absolute atomic E-state index is 13.7. The van der Waals surface area contributed by atoms with Crippen molar-refractivity contribution in [1.82, 2.24) is 0 Å². The molecule has 0 aliphatic heterocycles. The standard InChI is InChI=1S/C16H17FN2O/c1-16(2,11-6-4-3-5-7-11)15(20)19-14-9-8-12(18)10-13(14)17/h3-10H,18H2,1-2H3,(H,19,20). The second-order valence-electron chi connectivity index (χ2n) is 5.18. The van der Waals surface area contributed by atoms with Crippen molar-refractivity contribution in [3.05, 3.63) is 59.9 Å². The third-order valence-electron chi connectivity index (χ3n) is 3.30. The Morgan fingerprint density at radius 2 is 1.80 bits per heavy atom. The van der Waals surface area contributed by atoms with Gasteiger partial charge in [-0.05, 0) is 37.6 Å². The first-order valence-corrected chi connectivity index (χ1v) is 6.33. The first-order chi connectivity index (χ1) is 9.41. The van der Waals surface area contributed by atoms with E-state index >= 15 is 0 Å². The number of anilines is 2. The number of carbonyl (C=O) groups is 1. The lowest BCUT2D eigenvalue weighted by Gasteiger charge is -2.24. The fraction of sp³-hybridized carbons (Fsp3) is 0.188. The topological polar surface area (TPSA) is 55.1 Å². The van der Waals surface area contributed by atoms with Gasteiger partial charge in [0.2, 0.25) is 5.91 Å². The molecule has 0 unspecified atom stereocenters. The van der Waals surface area contributed by atoms with Crippen molar-refractivity contribution < 1.29 is 9.18 Å². The molecule has 0 spiro atoms. The quantitative estimate of drug-likeness (QED) is 0.842. The highest BCUT2D eigenvalue weighted by atomic mass is 19.1. The highest BCUT2D eigenvalue weighted by molar-refractivity contribution is 5.98. The maximum Gasteiger partial charge on any atom is 0.234 e. The van der Waals surface area contributed by atoms with Crippen LogP contribution in [0.5, 0.6) is 0 Å². The number of nitrogen functional groups attached to an aromatic ring is 1. The zero-order valence-electron chi connectivity index (χ0n) is 11.5. The summed E-state index contributed by atoms with van der Waals surface area (Å²) in [4.78, 5) is 12.4. The normalized spacial score (nSPS) is 11.2.